The molecule has 4 heterocycles. The molecular formula is C47H60N8O6S. The zero-order valence-corrected chi connectivity index (χ0v) is 37.0. The third kappa shape index (κ3) is 11.8. The lowest BCUT2D eigenvalue weighted by Gasteiger charge is -2.35. The Morgan fingerprint density at radius 3 is 2.32 bits per heavy atom. The Bertz CT molecular complexity index is 2240. The highest BCUT2D eigenvalue weighted by Crippen LogP contribution is 2.33. The molecule has 0 bridgehead atoms. The number of likely N-dealkylation sites (tertiary alicyclic amines) is 1. The van der Waals surface area contributed by atoms with Crippen molar-refractivity contribution in [3.8, 4) is 27.4 Å². The van der Waals surface area contributed by atoms with Crippen molar-refractivity contribution in [2.24, 2.45) is 5.41 Å². The molecule has 0 aliphatic carbocycles. The number of aliphatic hydroxyl groups excluding tert-OH is 1. The number of β-amino-alcohol motifs (C(OH)–C–C–N with tert-alkyl or cyclic N) is 1. The molecule has 0 unspecified atom stereocenters. The maximum atomic E-state index is 14.0. The average molecular weight is 865 g/mol. The number of thiazole rings is 1. The van der Waals surface area contributed by atoms with Crippen LogP contribution in [0.5, 0.6) is 5.75 Å². The van der Waals surface area contributed by atoms with E-state index in [1.807, 2.05) is 80.6 Å². The standard InChI is InChI=1S/C47H60N8O6S/c1-30-42(62-29-50-30)33-19-17-31(18-20-33)27-49-45(60)38-25-34(56)28-55(38)46(61)43(47(2,3)4)51-40(58)15-9-7-5-6-8-10-16-41(59)54-23-21-32(22-24-54)36-26-37(52-53-44(36)48)35-13-11-12-14-39(35)57/h11-14,17-21,26,29,34,38,43,56-57H,5-10,15-16,22-25,27-28H2,1-4H3,(H2,48,53)(H,49,60)(H,51,58)/t34-,38+,43-/m1/s1. The lowest BCUT2D eigenvalue weighted by Crippen LogP contribution is -2.57. The maximum absolute atomic E-state index is 14.0. The molecule has 4 amide bonds. The Kier molecular flexibility index (Phi) is 15.5. The summed E-state index contributed by atoms with van der Waals surface area (Å²) in [6.07, 6.45) is 7.80. The number of aromatic nitrogens is 3. The third-order valence-corrected chi connectivity index (χ3v) is 12.6. The van der Waals surface area contributed by atoms with Crippen LogP contribution in [0.4, 0.5) is 5.82 Å². The summed E-state index contributed by atoms with van der Waals surface area (Å²) in [5, 5.41) is 35.0. The number of nitrogen functional groups attached to an aromatic ring is 1. The summed E-state index contributed by atoms with van der Waals surface area (Å²) in [5.41, 5.74) is 13.2. The van der Waals surface area contributed by atoms with Gasteiger partial charge in [-0.3, -0.25) is 19.2 Å². The van der Waals surface area contributed by atoms with Gasteiger partial charge in [-0.2, -0.15) is 0 Å². The number of nitrogens with zero attached hydrogens (tertiary/aromatic N) is 5. The Morgan fingerprint density at radius 1 is 0.952 bits per heavy atom. The number of rotatable bonds is 17. The number of nitrogens with two attached hydrogens (primary N) is 1. The van der Waals surface area contributed by atoms with Crippen LogP contribution in [0.1, 0.15) is 102 Å². The molecule has 6 rings (SSSR count). The lowest BCUT2D eigenvalue weighted by atomic mass is 9.85. The Balaban J connectivity index is 0.884. The molecule has 3 atom stereocenters. The van der Waals surface area contributed by atoms with Gasteiger partial charge in [-0.05, 0) is 66.5 Å². The van der Waals surface area contributed by atoms with E-state index >= 15 is 0 Å². The average Bonchev–Trinajstić information content (AvgIpc) is 3.87. The van der Waals surface area contributed by atoms with Crippen molar-refractivity contribution in [1.29, 1.82) is 0 Å². The predicted octanol–water partition coefficient (Wildman–Crippen LogP) is 6.41. The Morgan fingerprint density at radius 2 is 1.66 bits per heavy atom. The molecule has 0 spiro atoms. The minimum Gasteiger partial charge on any atom is -0.507 e. The SMILES string of the molecule is Cc1ncsc1-c1ccc(CNC(=O)[C@@H]2C[C@@H](O)CN2C(=O)[C@@H](NC(=O)CCCCCCCCC(=O)N2CC=C(c3cc(-c4ccccc4O)nnc3N)CC2)C(C)(C)C)cc1. The largest absolute Gasteiger partial charge is 0.507 e. The normalized spacial score (nSPS) is 17.1. The van der Waals surface area contributed by atoms with E-state index in [2.05, 4.69) is 25.8 Å². The number of phenols is 1. The predicted molar refractivity (Wildman–Crippen MR) is 241 cm³/mol. The number of carbonyl (C=O) groups excluding carboxylic acids is 4. The van der Waals surface area contributed by atoms with Gasteiger partial charge in [0.1, 0.15) is 17.8 Å². The number of phenolic OH excluding ortho intramolecular Hbond substituents is 1. The minimum absolute atomic E-state index is 0.0211. The topological polar surface area (TPSA) is 204 Å². The summed E-state index contributed by atoms with van der Waals surface area (Å²) < 4.78 is 0. The van der Waals surface area contributed by atoms with Crippen molar-refractivity contribution >= 4 is 46.4 Å². The number of amides is 4. The molecule has 14 nitrogen and oxygen atoms in total. The van der Waals surface area contributed by atoms with E-state index in [4.69, 9.17) is 5.73 Å². The smallest absolute Gasteiger partial charge is 0.246 e. The molecule has 15 heteroatoms. The minimum atomic E-state index is -0.869. The molecule has 2 aliphatic heterocycles. The number of hydrogen-bond donors (Lipinski definition) is 5. The van der Waals surface area contributed by atoms with Gasteiger partial charge in [-0.15, -0.1) is 21.5 Å². The molecule has 2 aromatic carbocycles. The second-order valence-corrected chi connectivity index (χ2v) is 18.3. The molecule has 1 fully saturated rings. The van der Waals surface area contributed by atoms with Gasteiger partial charge in [0.25, 0.3) is 0 Å². The second-order valence-electron chi connectivity index (χ2n) is 17.4. The van der Waals surface area contributed by atoms with Gasteiger partial charge in [0.15, 0.2) is 5.82 Å². The van der Waals surface area contributed by atoms with Crippen molar-refractivity contribution in [2.75, 3.05) is 25.4 Å². The monoisotopic (exact) mass is 864 g/mol. The van der Waals surface area contributed by atoms with Crippen molar-refractivity contribution < 1.29 is 29.4 Å². The fraction of sp³-hybridized carbons (Fsp3) is 0.468. The van der Waals surface area contributed by atoms with Crippen LogP contribution in [-0.4, -0.2) is 96.6 Å². The summed E-state index contributed by atoms with van der Waals surface area (Å²) in [6.45, 7) is 8.99. The molecule has 330 valence electrons. The molecule has 2 aliphatic rings. The first kappa shape index (κ1) is 45.8. The van der Waals surface area contributed by atoms with Gasteiger partial charge in [0, 0.05) is 56.6 Å². The van der Waals surface area contributed by atoms with Gasteiger partial charge in [0.05, 0.1) is 27.9 Å². The summed E-state index contributed by atoms with van der Waals surface area (Å²) >= 11 is 1.58. The lowest BCUT2D eigenvalue weighted by molar-refractivity contribution is -0.144. The van der Waals surface area contributed by atoms with Crippen LogP contribution in [0.15, 0.2) is 66.2 Å². The first-order chi connectivity index (χ1) is 29.7. The number of carbonyl (C=O) groups is 4. The van der Waals surface area contributed by atoms with E-state index in [9.17, 15) is 29.4 Å². The highest BCUT2D eigenvalue weighted by atomic mass is 32.1. The van der Waals surface area contributed by atoms with E-state index < -0.39 is 23.6 Å². The zero-order valence-electron chi connectivity index (χ0n) is 36.2. The fourth-order valence-corrected chi connectivity index (χ4v) is 8.87. The van der Waals surface area contributed by atoms with Crippen LogP contribution >= 0.6 is 11.3 Å². The number of para-hydroxylation sites is 1. The number of hydrogen-bond acceptors (Lipinski definition) is 11. The van der Waals surface area contributed by atoms with E-state index in [-0.39, 0.29) is 55.3 Å². The van der Waals surface area contributed by atoms with E-state index in [0.29, 0.717) is 49.4 Å². The highest BCUT2D eigenvalue weighted by Gasteiger charge is 2.44. The van der Waals surface area contributed by atoms with Crippen LogP contribution in [0.2, 0.25) is 0 Å². The summed E-state index contributed by atoms with van der Waals surface area (Å²) in [6, 6.07) is 15.0. The zero-order chi connectivity index (χ0) is 44.4. The first-order valence-corrected chi connectivity index (χ1v) is 22.5. The van der Waals surface area contributed by atoms with Gasteiger partial charge in [-0.1, -0.05) is 88.9 Å². The summed E-state index contributed by atoms with van der Waals surface area (Å²) in [4.78, 5) is 62.3. The first-order valence-electron chi connectivity index (χ1n) is 21.6. The van der Waals surface area contributed by atoms with Crippen molar-refractivity contribution in [2.45, 2.75) is 117 Å². The molecular weight excluding hydrogens is 805 g/mol. The second kappa shape index (κ2) is 20.9. The van der Waals surface area contributed by atoms with E-state index in [0.717, 1.165) is 64.9 Å². The van der Waals surface area contributed by atoms with Crippen LogP contribution in [0.25, 0.3) is 27.3 Å². The van der Waals surface area contributed by atoms with Gasteiger partial charge >= 0.3 is 0 Å². The summed E-state index contributed by atoms with van der Waals surface area (Å²) in [5.74, 6) is -0.392. The number of unbranched alkanes of at least 4 members (excludes halogenated alkanes) is 5. The molecule has 2 aromatic heterocycles. The Labute approximate surface area is 368 Å². The van der Waals surface area contributed by atoms with Crippen molar-refractivity contribution in [1.82, 2.24) is 35.6 Å². The van der Waals surface area contributed by atoms with E-state index in [1.165, 1.54) is 4.90 Å². The van der Waals surface area contributed by atoms with Gasteiger partial charge < -0.3 is 36.4 Å². The number of aromatic hydroxyl groups is 1. The molecule has 1 saturated heterocycles. The third-order valence-electron chi connectivity index (χ3n) is 11.7. The molecule has 4 aromatic rings. The van der Waals surface area contributed by atoms with Crippen LogP contribution in [0, 0.1) is 12.3 Å². The number of benzene rings is 2. The fourth-order valence-electron chi connectivity index (χ4n) is 8.06. The highest BCUT2D eigenvalue weighted by molar-refractivity contribution is 7.13. The van der Waals surface area contributed by atoms with Crippen molar-refractivity contribution in [3.63, 3.8) is 0 Å². The Hall–Kier alpha value is -5.67. The number of aliphatic hydroxyl groups is 1. The molecule has 0 saturated carbocycles. The van der Waals surface area contributed by atoms with Crippen molar-refractivity contribution in [3.05, 3.63) is 83.0 Å². The van der Waals surface area contributed by atoms with Crippen LogP contribution in [-0.2, 0) is 25.7 Å². The molecule has 0 radical (unpaired) electrons. The van der Waals surface area contributed by atoms with E-state index in [1.54, 1.807) is 29.5 Å². The molecule has 6 N–H and O–H groups in total. The summed E-state index contributed by atoms with van der Waals surface area (Å²) in [7, 11) is 0. The number of nitrogens with one attached hydrogen (secondary N) is 2. The maximum Gasteiger partial charge on any atom is 0.246 e. The number of anilines is 1. The van der Waals surface area contributed by atoms with Crippen LogP contribution < -0.4 is 16.4 Å². The quantitative estimate of drug-likeness (QED) is 0.0739. The van der Waals surface area contributed by atoms with Gasteiger partial charge in [0.2, 0.25) is 23.6 Å². The van der Waals surface area contributed by atoms with Gasteiger partial charge in [-0.25, -0.2) is 4.98 Å². The number of aryl methyl sites for hydroxylation is 1. The molecule has 62 heavy (non-hydrogen) atoms. The van der Waals surface area contributed by atoms with Crippen LogP contribution in [0.3, 0.4) is 0 Å².